The van der Waals surface area contributed by atoms with Crippen LogP contribution in [0.4, 0.5) is 10.1 Å². The van der Waals surface area contributed by atoms with E-state index < -0.39 is 5.82 Å². The first kappa shape index (κ1) is 15.7. The SMILES string of the molecule is COc1cc(C(C)Nc2cc(Cl)c(O)c(Cl)c2)ccc1F. The lowest BCUT2D eigenvalue weighted by Gasteiger charge is -2.17. The number of phenols is 1. The number of rotatable bonds is 4. The molecule has 0 aliphatic rings. The van der Waals surface area contributed by atoms with Crippen LogP contribution in [-0.2, 0) is 0 Å². The van der Waals surface area contributed by atoms with Crippen molar-refractivity contribution in [1.82, 2.24) is 0 Å². The van der Waals surface area contributed by atoms with E-state index in [4.69, 9.17) is 27.9 Å². The lowest BCUT2D eigenvalue weighted by atomic mass is 10.1. The first-order valence-corrected chi connectivity index (χ1v) is 6.96. The highest BCUT2D eigenvalue weighted by atomic mass is 35.5. The largest absolute Gasteiger partial charge is 0.505 e. The van der Waals surface area contributed by atoms with Crippen LogP contribution in [0.25, 0.3) is 0 Å². The molecular weight excluding hydrogens is 316 g/mol. The Labute approximate surface area is 132 Å². The molecule has 0 heterocycles. The highest BCUT2D eigenvalue weighted by Crippen LogP contribution is 2.36. The minimum Gasteiger partial charge on any atom is -0.505 e. The van der Waals surface area contributed by atoms with E-state index in [1.165, 1.54) is 13.2 Å². The molecule has 112 valence electrons. The number of benzene rings is 2. The fraction of sp³-hybridized carbons (Fsp3) is 0.200. The second-order valence-corrected chi connectivity index (χ2v) is 5.36. The van der Waals surface area contributed by atoms with Gasteiger partial charge in [0.2, 0.25) is 0 Å². The molecule has 0 aliphatic heterocycles. The number of anilines is 1. The number of halogens is 3. The fourth-order valence-electron chi connectivity index (χ4n) is 1.93. The molecule has 0 saturated heterocycles. The van der Waals surface area contributed by atoms with Crippen molar-refractivity contribution in [2.75, 3.05) is 12.4 Å². The predicted molar refractivity (Wildman–Crippen MR) is 83.1 cm³/mol. The molecule has 0 radical (unpaired) electrons. The number of hydrogen-bond acceptors (Lipinski definition) is 3. The third-order valence-electron chi connectivity index (χ3n) is 3.08. The van der Waals surface area contributed by atoms with Crippen LogP contribution in [0.2, 0.25) is 10.0 Å². The Kier molecular flexibility index (Phi) is 4.80. The summed E-state index contributed by atoms with van der Waals surface area (Å²) in [6.45, 7) is 1.90. The summed E-state index contributed by atoms with van der Waals surface area (Å²) in [4.78, 5) is 0. The molecule has 21 heavy (non-hydrogen) atoms. The van der Waals surface area contributed by atoms with Gasteiger partial charge in [0.15, 0.2) is 17.3 Å². The van der Waals surface area contributed by atoms with Crippen molar-refractivity contribution in [2.45, 2.75) is 13.0 Å². The zero-order chi connectivity index (χ0) is 15.6. The molecule has 2 N–H and O–H groups in total. The quantitative estimate of drug-likeness (QED) is 0.774. The van der Waals surface area contributed by atoms with Gasteiger partial charge in [-0.25, -0.2) is 4.39 Å². The summed E-state index contributed by atoms with van der Waals surface area (Å²) in [5, 5.41) is 13.0. The third-order valence-corrected chi connectivity index (χ3v) is 3.65. The normalized spacial score (nSPS) is 12.0. The second-order valence-electron chi connectivity index (χ2n) is 4.55. The third kappa shape index (κ3) is 3.52. The van der Waals surface area contributed by atoms with E-state index >= 15 is 0 Å². The number of nitrogens with one attached hydrogen (secondary N) is 1. The molecule has 2 aromatic carbocycles. The van der Waals surface area contributed by atoms with E-state index in [-0.39, 0.29) is 27.6 Å². The van der Waals surface area contributed by atoms with Gasteiger partial charge in [0.25, 0.3) is 0 Å². The van der Waals surface area contributed by atoms with E-state index in [2.05, 4.69) is 5.32 Å². The smallest absolute Gasteiger partial charge is 0.165 e. The molecule has 0 fully saturated rings. The molecule has 1 atom stereocenters. The van der Waals surface area contributed by atoms with Crippen molar-refractivity contribution in [3.05, 3.63) is 51.8 Å². The molecule has 0 amide bonds. The van der Waals surface area contributed by atoms with Crippen molar-refractivity contribution in [3.8, 4) is 11.5 Å². The number of methoxy groups -OCH3 is 1. The molecule has 0 saturated carbocycles. The lowest BCUT2D eigenvalue weighted by Crippen LogP contribution is -2.07. The van der Waals surface area contributed by atoms with Crippen molar-refractivity contribution in [2.24, 2.45) is 0 Å². The van der Waals surface area contributed by atoms with Crippen molar-refractivity contribution < 1.29 is 14.2 Å². The van der Waals surface area contributed by atoms with Gasteiger partial charge >= 0.3 is 0 Å². The maximum absolute atomic E-state index is 13.4. The molecule has 0 bridgehead atoms. The Bertz CT molecular complexity index is 641. The predicted octanol–water partition coefficient (Wildman–Crippen LogP) is 5.02. The first-order valence-electron chi connectivity index (χ1n) is 6.20. The van der Waals surface area contributed by atoms with Crippen molar-refractivity contribution >= 4 is 28.9 Å². The summed E-state index contributed by atoms with van der Waals surface area (Å²) in [6, 6.07) is 7.65. The summed E-state index contributed by atoms with van der Waals surface area (Å²) in [5.74, 6) is -0.382. The topological polar surface area (TPSA) is 41.5 Å². The lowest BCUT2D eigenvalue weighted by molar-refractivity contribution is 0.385. The van der Waals surface area contributed by atoms with Gasteiger partial charge in [-0.3, -0.25) is 0 Å². The van der Waals surface area contributed by atoms with Crippen LogP contribution in [0.1, 0.15) is 18.5 Å². The van der Waals surface area contributed by atoms with E-state index in [9.17, 15) is 9.50 Å². The van der Waals surface area contributed by atoms with Gasteiger partial charge in [-0.1, -0.05) is 29.3 Å². The van der Waals surface area contributed by atoms with E-state index in [0.29, 0.717) is 5.69 Å². The zero-order valence-corrected chi connectivity index (χ0v) is 13.0. The molecule has 1 unspecified atom stereocenters. The molecule has 0 spiro atoms. The molecular formula is C15H14Cl2FNO2. The van der Waals surface area contributed by atoms with Gasteiger partial charge in [-0.05, 0) is 36.8 Å². The number of ether oxygens (including phenoxy) is 1. The average molecular weight is 330 g/mol. The summed E-state index contributed by atoms with van der Waals surface area (Å²) < 4.78 is 18.4. The highest BCUT2D eigenvalue weighted by Gasteiger charge is 2.12. The van der Waals surface area contributed by atoms with Gasteiger partial charge in [0.1, 0.15) is 0 Å². The van der Waals surface area contributed by atoms with Crippen LogP contribution in [0.3, 0.4) is 0 Å². The Balaban J connectivity index is 2.23. The minimum absolute atomic E-state index is 0.129. The van der Waals surface area contributed by atoms with Crippen LogP contribution in [0, 0.1) is 5.82 Å². The highest BCUT2D eigenvalue weighted by molar-refractivity contribution is 6.37. The van der Waals surface area contributed by atoms with Crippen molar-refractivity contribution in [3.63, 3.8) is 0 Å². The Morgan fingerprint density at radius 1 is 1.19 bits per heavy atom. The number of phenolic OH excluding ortho intramolecular Hbond substituents is 1. The van der Waals surface area contributed by atoms with E-state index in [0.717, 1.165) is 5.56 Å². The Morgan fingerprint density at radius 3 is 2.38 bits per heavy atom. The van der Waals surface area contributed by atoms with Crippen LogP contribution in [0.15, 0.2) is 30.3 Å². The maximum atomic E-state index is 13.4. The van der Waals surface area contributed by atoms with E-state index in [1.807, 2.05) is 6.92 Å². The van der Waals surface area contributed by atoms with Crippen LogP contribution in [0.5, 0.6) is 11.5 Å². The average Bonchev–Trinajstić information content (AvgIpc) is 2.45. The molecule has 2 rings (SSSR count). The molecule has 6 heteroatoms. The van der Waals surface area contributed by atoms with Gasteiger partial charge in [-0.2, -0.15) is 0 Å². The fourth-order valence-corrected chi connectivity index (χ4v) is 2.41. The van der Waals surface area contributed by atoms with E-state index in [1.54, 1.807) is 24.3 Å². The van der Waals surface area contributed by atoms with Crippen LogP contribution >= 0.6 is 23.2 Å². The molecule has 2 aromatic rings. The summed E-state index contributed by atoms with van der Waals surface area (Å²) in [5.41, 5.74) is 1.49. The summed E-state index contributed by atoms with van der Waals surface area (Å²) in [6.07, 6.45) is 0. The van der Waals surface area contributed by atoms with Gasteiger partial charge in [-0.15, -0.1) is 0 Å². The molecule has 0 aliphatic carbocycles. The second kappa shape index (κ2) is 6.41. The van der Waals surface area contributed by atoms with Crippen molar-refractivity contribution in [1.29, 1.82) is 0 Å². The summed E-state index contributed by atoms with van der Waals surface area (Å²) >= 11 is 11.7. The Hall–Kier alpha value is -1.65. The van der Waals surface area contributed by atoms with Gasteiger partial charge < -0.3 is 15.2 Å². The first-order chi connectivity index (χ1) is 9.92. The standard InChI is InChI=1S/C15H14Cl2FNO2/c1-8(9-3-4-13(18)14(5-9)21-2)19-10-6-11(16)15(20)12(17)7-10/h3-8,19-20H,1-2H3. The van der Waals surface area contributed by atoms with Crippen LogP contribution < -0.4 is 10.1 Å². The minimum atomic E-state index is -0.413. The van der Waals surface area contributed by atoms with Gasteiger partial charge in [0.05, 0.1) is 17.2 Å². The maximum Gasteiger partial charge on any atom is 0.165 e. The number of aromatic hydroxyl groups is 1. The zero-order valence-electron chi connectivity index (χ0n) is 11.5. The monoisotopic (exact) mass is 329 g/mol. The summed E-state index contributed by atoms with van der Waals surface area (Å²) in [7, 11) is 1.42. The Morgan fingerprint density at radius 2 is 1.81 bits per heavy atom. The number of hydrogen-bond donors (Lipinski definition) is 2. The molecule has 3 nitrogen and oxygen atoms in total. The van der Waals surface area contributed by atoms with Crippen LogP contribution in [-0.4, -0.2) is 12.2 Å². The van der Waals surface area contributed by atoms with Gasteiger partial charge in [0, 0.05) is 11.7 Å². The molecule has 0 aromatic heterocycles.